The van der Waals surface area contributed by atoms with Crippen molar-refractivity contribution in [1.29, 1.82) is 0 Å². The lowest BCUT2D eigenvalue weighted by atomic mass is 9.96. The summed E-state index contributed by atoms with van der Waals surface area (Å²) in [5, 5.41) is 5.18. The molecule has 7 heteroatoms. The van der Waals surface area contributed by atoms with Crippen molar-refractivity contribution in [2.75, 3.05) is 33.9 Å². The molecule has 1 aliphatic rings. The van der Waals surface area contributed by atoms with E-state index in [9.17, 15) is 0 Å². The van der Waals surface area contributed by atoms with Gasteiger partial charge in [-0.1, -0.05) is 11.6 Å². The number of ether oxygens (including phenoxy) is 1. The van der Waals surface area contributed by atoms with Gasteiger partial charge in [-0.05, 0) is 43.4 Å². The van der Waals surface area contributed by atoms with Crippen LogP contribution >= 0.6 is 22.9 Å². The fraction of sp³-hybridized carbons (Fsp3) is 0.556. The summed E-state index contributed by atoms with van der Waals surface area (Å²) in [6.45, 7) is 3.48. The maximum Gasteiger partial charge on any atom is 0.193 e. The fourth-order valence-electron chi connectivity index (χ4n) is 3.08. The molecule has 2 aromatic rings. The van der Waals surface area contributed by atoms with Gasteiger partial charge in [0, 0.05) is 38.9 Å². The average Bonchev–Trinajstić information content (AvgIpc) is 3.03. The molecular weight excluding hydrogens is 356 g/mol. The minimum Gasteiger partial charge on any atom is -0.381 e. The summed E-state index contributed by atoms with van der Waals surface area (Å²) in [7, 11) is 3.91. The molecule has 1 aromatic heterocycles. The van der Waals surface area contributed by atoms with Gasteiger partial charge in [0.1, 0.15) is 5.01 Å². The first-order chi connectivity index (χ1) is 12.2. The molecule has 0 unspecified atom stereocenters. The molecule has 0 spiro atoms. The normalized spacial score (nSPS) is 16.4. The number of halogens is 1. The Kier molecular flexibility index (Phi) is 6.51. The molecule has 5 nitrogen and oxygen atoms in total. The van der Waals surface area contributed by atoms with Crippen LogP contribution in [0.5, 0.6) is 0 Å². The highest BCUT2D eigenvalue weighted by molar-refractivity contribution is 7.18. The van der Waals surface area contributed by atoms with E-state index < -0.39 is 0 Å². The van der Waals surface area contributed by atoms with Crippen molar-refractivity contribution in [3.05, 3.63) is 28.2 Å². The summed E-state index contributed by atoms with van der Waals surface area (Å²) in [5.74, 6) is 1.67. The largest absolute Gasteiger partial charge is 0.381 e. The molecule has 1 fully saturated rings. The van der Waals surface area contributed by atoms with Crippen molar-refractivity contribution in [1.82, 2.24) is 15.2 Å². The first-order valence-corrected chi connectivity index (χ1v) is 9.89. The Hall–Kier alpha value is -1.37. The Bertz CT molecular complexity index is 727. The van der Waals surface area contributed by atoms with Gasteiger partial charge in [-0.2, -0.15) is 0 Å². The number of thiazole rings is 1. The van der Waals surface area contributed by atoms with Gasteiger partial charge in [-0.3, -0.25) is 4.99 Å². The zero-order valence-corrected chi connectivity index (χ0v) is 16.4. The van der Waals surface area contributed by atoms with Crippen molar-refractivity contribution in [2.45, 2.75) is 25.8 Å². The second-order valence-electron chi connectivity index (χ2n) is 6.39. The average molecular weight is 381 g/mol. The molecule has 0 radical (unpaired) electrons. The Morgan fingerprint density at radius 3 is 3.00 bits per heavy atom. The SMILES string of the molecule is CN=C(NCc1nc2cc(Cl)ccc2s1)N(C)CCC1CCOCC1. The van der Waals surface area contributed by atoms with Gasteiger partial charge < -0.3 is 15.0 Å². The summed E-state index contributed by atoms with van der Waals surface area (Å²) in [6.07, 6.45) is 3.53. The summed E-state index contributed by atoms with van der Waals surface area (Å²) in [4.78, 5) is 11.2. The molecule has 1 aromatic carbocycles. The third kappa shape index (κ3) is 5.06. The lowest BCUT2D eigenvalue weighted by Gasteiger charge is -2.26. The topological polar surface area (TPSA) is 49.8 Å². The quantitative estimate of drug-likeness (QED) is 0.633. The predicted molar refractivity (Wildman–Crippen MR) is 106 cm³/mol. The van der Waals surface area contributed by atoms with Gasteiger partial charge in [0.05, 0.1) is 16.8 Å². The van der Waals surface area contributed by atoms with Crippen molar-refractivity contribution in [2.24, 2.45) is 10.9 Å². The van der Waals surface area contributed by atoms with Crippen LogP contribution in [0.15, 0.2) is 23.2 Å². The molecule has 1 aliphatic heterocycles. The van der Waals surface area contributed by atoms with Gasteiger partial charge in [0.15, 0.2) is 5.96 Å². The van der Waals surface area contributed by atoms with E-state index in [0.29, 0.717) is 6.54 Å². The Morgan fingerprint density at radius 2 is 2.24 bits per heavy atom. The number of benzene rings is 1. The minimum absolute atomic E-state index is 0.672. The van der Waals surface area contributed by atoms with Crippen LogP contribution in [-0.2, 0) is 11.3 Å². The lowest BCUT2D eigenvalue weighted by molar-refractivity contribution is 0.0625. The molecule has 0 saturated carbocycles. The van der Waals surface area contributed by atoms with Gasteiger partial charge in [0.2, 0.25) is 0 Å². The number of nitrogens with zero attached hydrogens (tertiary/aromatic N) is 3. The van der Waals surface area contributed by atoms with E-state index in [0.717, 1.165) is 51.9 Å². The predicted octanol–water partition coefficient (Wildman–Crippen LogP) is 3.77. The lowest BCUT2D eigenvalue weighted by Crippen LogP contribution is -2.39. The molecule has 25 heavy (non-hydrogen) atoms. The van der Waals surface area contributed by atoms with Crippen molar-refractivity contribution in [3.8, 4) is 0 Å². The third-order valence-electron chi connectivity index (χ3n) is 4.58. The van der Waals surface area contributed by atoms with Crippen molar-refractivity contribution in [3.63, 3.8) is 0 Å². The summed E-state index contributed by atoms with van der Waals surface area (Å²) >= 11 is 7.72. The minimum atomic E-state index is 0.672. The van der Waals surface area contributed by atoms with E-state index in [-0.39, 0.29) is 0 Å². The smallest absolute Gasteiger partial charge is 0.193 e. The van der Waals surface area contributed by atoms with E-state index in [1.54, 1.807) is 11.3 Å². The molecule has 136 valence electrons. The first-order valence-electron chi connectivity index (χ1n) is 8.70. The number of nitrogens with one attached hydrogen (secondary N) is 1. The second-order valence-corrected chi connectivity index (χ2v) is 7.94. The molecule has 0 aliphatic carbocycles. The monoisotopic (exact) mass is 380 g/mol. The van der Waals surface area contributed by atoms with E-state index in [1.165, 1.54) is 19.3 Å². The molecular formula is C18H25ClN4OS. The van der Waals surface area contributed by atoms with E-state index in [4.69, 9.17) is 16.3 Å². The van der Waals surface area contributed by atoms with Crippen molar-refractivity contribution < 1.29 is 4.74 Å². The molecule has 0 bridgehead atoms. The Labute approximate surface area is 158 Å². The van der Waals surface area contributed by atoms with Crippen LogP contribution in [-0.4, -0.2) is 49.7 Å². The number of rotatable bonds is 5. The number of aliphatic imine (C=N–C) groups is 1. The van der Waals surface area contributed by atoms with Gasteiger partial charge >= 0.3 is 0 Å². The fourth-order valence-corrected chi connectivity index (χ4v) is 4.13. The van der Waals surface area contributed by atoms with E-state index >= 15 is 0 Å². The van der Waals surface area contributed by atoms with Gasteiger partial charge in [-0.25, -0.2) is 4.98 Å². The molecule has 0 amide bonds. The summed E-state index contributed by atoms with van der Waals surface area (Å²) in [6, 6.07) is 5.83. The van der Waals surface area contributed by atoms with E-state index in [2.05, 4.69) is 27.2 Å². The third-order valence-corrected chi connectivity index (χ3v) is 5.85. The van der Waals surface area contributed by atoms with Gasteiger partial charge in [0.25, 0.3) is 0 Å². The van der Waals surface area contributed by atoms with Crippen LogP contribution in [0.4, 0.5) is 0 Å². The number of guanidine groups is 1. The Balaban J connectivity index is 1.52. The maximum absolute atomic E-state index is 6.03. The highest BCUT2D eigenvalue weighted by atomic mass is 35.5. The molecule has 1 saturated heterocycles. The highest BCUT2D eigenvalue weighted by Gasteiger charge is 2.15. The van der Waals surface area contributed by atoms with Crippen LogP contribution in [0.3, 0.4) is 0 Å². The number of fused-ring (bicyclic) bond motifs is 1. The number of hydrogen-bond donors (Lipinski definition) is 1. The van der Waals surface area contributed by atoms with Crippen LogP contribution in [0, 0.1) is 5.92 Å². The molecule has 1 N–H and O–H groups in total. The number of aromatic nitrogens is 1. The van der Waals surface area contributed by atoms with Crippen LogP contribution in [0.25, 0.3) is 10.2 Å². The molecule has 0 atom stereocenters. The van der Waals surface area contributed by atoms with Crippen molar-refractivity contribution >= 4 is 39.1 Å². The van der Waals surface area contributed by atoms with Crippen LogP contribution < -0.4 is 5.32 Å². The highest BCUT2D eigenvalue weighted by Crippen LogP contribution is 2.25. The summed E-state index contributed by atoms with van der Waals surface area (Å²) in [5.41, 5.74) is 0.956. The Morgan fingerprint density at radius 1 is 1.44 bits per heavy atom. The second kappa shape index (κ2) is 8.83. The van der Waals surface area contributed by atoms with Crippen LogP contribution in [0.2, 0.25) is 5.02 Å². The van der Waals surface area contributed by atoms with E-state index in [1.807, 2.05) is 25.2 Å². The van der Waals surface area contributed by atoms with Crippen LogP contribution in [0.1, 0.15) is 24.3 Å². The first kappa shape index (κ1) is 18.4. The zero-order chi connectivity index (χ0) is 17.6. The maximum atomic E-state index is 6.03. The zero-order valence-electron chi connectivity index (χ0n) is 14.8. The molecule has 3 rings (SSSR count). The standard InChI is InChI=1S/C18H25ClN4OS/c1-20-18(23(2)8-5-13-6-9-24-10-7-13)21-12-17-22-15-11-14(19)3-4-16(15)25-17/h3-4,11,13H,5-10,12H2,1-2H3,(H,20,21). The molecule has 2 heterocycles. The summed E-state index contributed by atoms with van der Waals surface area (Å²) < 4.78 is 6.59. The van der Waals surface area contributed by atoms with Gasteiger partial charge in [-0.15, -0.1) is 11.3 Å². The number of hydrogen-bond acceptors (Lipinski definition) is 4.